The molecule has 116 valence electrons. The highest BCUT2D eigenvalue weighted by atomic mass is 32.2. The van der Waals surface area contributed by atoms with Crippen LogP contribution in [0.25, 0.3) is 0 Å². The molecule has 0 fully saturated rings. The highest BCUT2D eigenvalue weighted by molar-refractivity contribution is 8.00. The lowest BCUT2D eigenvalue weighted by molar-refractivity contribution is -0.0328. The third kappa shape index (κ3) is 5.00. The lowest BCUT2D eigenvalue weighted by Crippen LogP contribution is -2.10. The summed E-state index contributed by atoms with van der Waals surface area (Å²) in [7, 11) is 0. The van der Waals surface area contributed by atoms with Gasteiger partial charge in [-0.15, -0.1) is 0 Å². The number of hydrogen-bond donors (Lipinski definition) is 1. The molecule has 0 aliphatic rings. The summed E-state index contributed by atoms with van der Waals surface area (Å²) < 4.78 is 42.1. The van der Waals surface area contributed by atoms with Crippen molar-refractivity contribution in [2.75, 3.05) is 0 Å². The normalized spacial score (nSPS) is 11.2. The summed E-state index contributed by atoms with van der Waals surface area (Å²) in [6.45, 7) is 0.215. The fourth-order valence-electron chi connectivity index (χ4n) is 1.67. The number of rotatable bonds is 5. The second-order valence-electron chi connectivity index (χ2n) is 4.37. The van der Waals surface area contributed by atoms with Crippen LogP contribution in [0, 0.1) is 0 Å². The molecule has 0 spiro atoms. The molecule has 2 aromatic carbocycles. The van der Waals surface area contributed by atoms with Gasteiger partial charge in [0.05, 0.1) is 0 Å². The van der Waals surface area contributed by atoms with E-state index in [1.807, 2.05) is 0 Å². The molecule has 2 N–H and O–H groups in total. The first kappa shape index (κ1) is 16.2. The first-order valence-electron chi connectivity index (χ1n) is 6.21. The molecule has 0 atom stereocenters. The van der Waals surface area contributed by atoms with Crippen molar-refractivity contribution in [1.29, 1.82) is 0 Å². The number of nitrogens with two attached hydrogens (primary N) is 1. The Labute approximate surface area is 129 Å². The summed E-state index contributed by atoms with van der Waals surface area (Å²) >= 11 is -0.156. The molecule has 2 aromatic rings. The molecule has 0 radical (unpaired) electrons. The number of alkyl halides is 3. The second-order valence-corrected chi connectivity index (χ2v) is 5.51. The zero-order valence-electron chi connectivity index (χ0n) is 11.3. The molecule has 0 saturated heterocycles. The Bertz CT molecular complexity index is 639. The van der Waals surface area contributed by atoms with Gasteiger partial charge in [0.1, 0.15) is 12.4 Å². The molecule has 0 aliphatic carbocycles. The first-order valence-corrected chi connectivity index (χ1v) is 7.02. The second kappa shape index (κ2) is 6.74. The van der Waals surface area contributed by atoms with Gasteiger partial charge >= 0.3 is 5.51 Å². The lowest BCUT2D eigenvalue weighted by Gasteiger charge is -2.08. The molecule has 22 heavy (non-hydrogen) atoms. The van der Waals surface area contributed by atoms with Crippen molar-refractivity contribution in [2.45, 2.75) is 17.0 Å². The van der Waals surface area contributed by atoms with E-state index in [2.05, 4.69) is 0 Å². The molecule has 0 saturated carbocycles. The maximum absolute atomic E-state index is 12.2. The van der Waals surface area contributed by atoms with Crippen molar-refractivity contribution in [3.63, 3.8) is 0 Å². The van der Waals surface area contributed by atoms with Crippen LogP contribution in [-0.4, -0.2) is 11.4 Å². The highest BCUT2D eigenvalue weighted by Gasteiger charge is 2.28. The SMILES string of the molecule is NC(=O)c1ccc(OCc2ccc(SC(F)(F)F)cc2)cc1. The molecule has 0 unspecified atom stereocenters. The van der Waals surface area contributed by atoms with E-state index in [4.69, 9.17) is 10.5 Å². The number of amides is 1. The third-order valence-corrected chi connectivity index (χ3v) is 3.44. The van der Waals surface area contributed by atoms with Crippen molar-refractivity contribution < 1.29 is 22.7 Å². The Morgan fingerprint density at radius 2 is 1.64 bits per heavy atom. The lowest BCUT2D eigenvalue weighted by atomic mass is 10.2. The number of ether oxygens (including phenoxy) is 1. The quantitative estimate of drug-likeness (QED) is 0.845. The minimum atomic E-state index is -4.29. The average Bonchev–Trinajstić information content (AvgIpc) is 2.45. The first-order chi connectivity index (χ1) is 10.3. The fourth-order valence-corrected chi connectivity index (χ4v) is 2.21. The van der Waals surface area contributed by atoms with E-state index in [0.717, 1.165) is 5.56 Å². The maximum atomic E-state index is 12.2. The topological polar surface area (TPSA) is 52.3 Å². The minimum absolute atomic E-state index is 0.127. The van der Waals surface area contributed by atoms with Gasteiger partial charge in [-0.3, -0.25) is 4.79 Å². The van der Waals surface area contributed by atoms with Gasteiger partial charge < -0.3 is 10.5 Å². The number of carbonyl (C=O) groups is 1. The van der Waals surface area contributed by atoms with Crippen LogP contribution in [0.15, 0.2) is 53.4 Å². The molecule has 1 amide bonds. The van der Waals surface area contributed by atoms with Crippen LogP contribution >= 0.6 is 11.8 Å². The average molecular weight is 327 g/mol. The number of primary amides is 1. The number of benzene rings is 2. The molecule has 0 aromatic heterocycles. The van der Waals surface area contributed by atoms with E-state index in [1.54, 1.807) is 36.4 Å². The van der Waals surface area contributed by atoms with Gasteiger partial charge in [0, 0.05) is 10.5 Å². The molecule has 2 rings (SSSR count). The van der Waals surface area contributed by atoms with Crippen molar-refractivity contribution in [3.8, 4) is 5.75 Å². The molecule has 0 heterocycles. The van der Waals surface area contributed by atoms with Crippen LogP contribution in [0.1, 0.15) is 15.9 Å². The van der Waals surface area contributed by atoms with Gasteiger partial charge in [0.2, 0.25) is 5.91 Å². The van der Waals surface area contributed by atoms with Crippen LogP contribution in [0.5, 0.6) is 5.75 Å². The monoisotopic (exact) mass is 327 g/mol. The maximum Gasteiger partial charge on any atom is 0.446 e. The van der Waals surface area contributed by atoms with Gasteiger partial charge in [-0.25, -0.2) is 0 Å². The van der Waals surface area contributed by atoms with E-state index in [9.17, 15) is 18.0 Å². The molecule has 0 aliphatic heterocycles. The molecular formula is C15H12F3NO2S. The smallest absolute Gasteiger partial charge is 0.446 e. The zero-order chi connectivity index (χ0) is 16.2. The summed E-state index contributed by atoms with van der Waals surface area (Å²) in [5.74, 6) is 0.0167. The van der Waals surface area contributed by atoms with Crippen LogP contribution in [-0.2, 0) is 6.61 Å². The summed E-state index contributed by atoms with van der Waals surface area (Å²) in [6.07, 6.45) is 0. The number of thioether (sulfide) groups is 1. The van der Waals surface area contributed by atoms with Gasteiger partial charge in [-0.1, -0.05) is 12.1 Å². The Balaban J connectivity index is 1.92. The van der Waals surface area contributed by atoms with Gasteiger partial charge in [0.15, 0.2) is 0 Å². The molecule has 3 nitrogen and oxygen atoms in total. The van der Waals surface area contributed by atoms with Crippen molar-refractivity contribution in [2.24, 2.45) is 5.73 Å². The Kier molecular flexibility index (Phi) is 4.97. The number of halogens is 3. The summed E-state index contributed by atoms with van der Waals surface area (Å²) in [5, 5.41) is 0. The largest absolute Gasteiger partial charge is 0.489 e. The third-order valence-electron chi connectivity index (χ3n) is 2.70. The molecular weight excluding hydrogens is 315 g/mol. The van der Waals surface area contributed by atoms with Crippen molar-refractivity contribution >= 4 is 17.7 Å². The van der Waals surface area contributed by atoms with Gasteiger partial charge in [-0.05, 0) is 53.7 Å². The number of hydrogen-bond acceptors (Lipinski definition) is 3. The highest BCUT2D eigenvalue weighted by Crippen LogP contribution is 2.36. The van der Waals surface area contributed by atoms with Crippen LogP contribution in [0.3, 0.4) is 0 Å². The summed E-state index contributed by atoms with van der Waals surface area (Å²) in [6, 6.07) is 12.2. The van der Waals surface area contributed by atoms with Crippen LogP contribution in [0.2, 0.25) is 0 Å². The van der Waals surface area contributed by atoms with Crippen molar-refractivity contribution in [3.05, 3.63) is 59.7 Å². The van der Waals surface area contributed by atoms with E-state index in [0.29, 0.717) is 11.3 Å². The summed E-state index contributed by atoms with van der Waals surface area (Å²) in [5.41, 5.74) is 1.95. The van der Waals surface area contributed by atoms with Gasteiger partial charge in [-0.2, -0.15) is 13.2 Å². The van der Waals surface area contributed by atoms with Crippen LogP contribution in [0.4, 0.5) is 13.2 Å². The zero-order valence-corrected chi connectivity index (χ0v) is 12.1. The Morgan fingerprint density at radius 1 is 1.05 bits per heavy atom. The predicted molar refractivity (Wildman–Crippen MR) is 77.6 cm³/mol. The Morgan fingerprint density at radius 3 is 2.14 bits per heavy atom. The van der Waals surface area contributed by atoms with E-state index in [-0.39, 0.29) is 23.3 Å². The predicted octanol–water partition coefficient (Wildman–Crippen LogP) is 3.98. The minimum Gasteiger partial charge on any atom is -0.489 e. The van der Waals surface area contributed by atoms with E-state index >= 15 is 0 Å². The van der Waals surface area contributed by atoms with Crippen molar-refractivity contribution in [1.82, 2.24) is 0 Å². The number of carbonyl (C=O) groups excluding carboxylic acids is 1. The molecule has 0 bridgehead atoms. The standard InChI is InChI=1S/C15H12F3NO2S/c16-15(17,18)22-13-7-1-10(2-8-13)9-21-12-5-3-11(4-6-12)14(19)20/h1-8H,9H2,(H2,19,20). The van der Waals surface area contributed by atoms with Crippen LogP contribution < -0.4 is 10.5 Å². The summed E-state index contributed by atoms with van der Waals surface area (Å²) in [4.78, 5) is 11.0. The van der Waals surface area contributed by atoms with Gasteiger partial charge in [0.25, 0.3) is 0 Å². The van der Waals surface area contributed by atoms with E-state index < -0.39 is 11.4 Å². The fraction of sp³-hybridized carbons (Fsp3) is 0.133. The van der Waals surface area contributed by atoms with E-state index in [1.165, 1.54) is 12.1 Å². The molecule has 7 heteroatoms. The Hall–Kier alpha value is -2.15.